The number of ether oxygens (including phenoxy) is 6. The lowest BCUT2D eigenvalue weighted by Crippen LogP contribution is -2.46. The zero-order chi connectivity index (χ0) is 69.9. The van der Waals surface area contributed by atoms with Crippen LogP contribution < -0.4 is 28.7 Å². The molecule has 0 spiro atoms. The van der Waals surface area contributed by atoms with Gasteiger partial charge in [0.05, 0.1) is 75.5 Å². The third-order valence-electron chi connectivity index (χ3n) is 21.8. The molecular weight excluding hydrogens is 1270 g/mol. The van der Waals surface area contributed by atoms with Gasteiger partial charge in [0, 0.05) is 45.8 Å². The summed E-state index contributed by atoms with van der Waals surface area (Å²) in [6, 6.07) is 89.8. The minimum Gasteiger partial charge on any atom is -0.497 e. The van der Waals surface area contributed by atoms with E-state index in [0.29, 0.717) is 56.5 Å². The molecule has 0 saturated carbocycles. The summed E-state index contributed by atoms with van der Waals surface area (Å²) < 4.78 is 82.5. The van der Waals surface area contributed by atoms with Crippen molar-refractivity contribution in [3.8, 4) is 56.4 Å². The van der Waals surface area contributed by atoms with Crippen LogP contribution in [-0.4, -0.2) is 53.9 Å². The molecule has 102 heavy (non-hydrogen) atoms. The van der Waals surface area contributed by atoms with Crippen LogP contribution in [0.15, 0.2) is 273 Å². The minimum absolute atomic E-state index is 0.00674. The second kappa shape index (κ2) is 26.4. The predicted molar refractivity (Wildman–Crippen MR) is 402 cm³/mol. The van der Waals surface area contributed by atoms with Gasteiger partial charge in [-0.1, -0.05) is 154 Å². The van der Waals surface area contributed by atoms with E-state index in [2.05, 4.69) is 219 Å². The van der Waals surface area contributed by atoms with Crippen LogP contribution in [0, 0.1) is 28.3 Å². The lowest BCUT2D eigenvalue weighted by atomic mass is 9.67. The summed E-state index contributed by atoms with van der Waals surface area (Å²) in [5.74, 6) is 0.796. The molecule has 2 fully saturated rings. The van der Waals surface area contributed by atoms with Crippen LogP contribution >= 0.6 is 0 Å². The third-order valence-corrected chi connectivity index (χ3v) is 21.8. The molecule has 0 amide bonds. The Kier molecular flexibility index (Phi) is 17.0. The van der Waals surface area contributed by atoms with Crippen LogP contribution in [0.2, 0.25) is 0 Å². The van der Waals surface area contributed by atoms with Crippen molar-refractivity contribution in [2.75, 3.05) is 63.7 Å². The van der Waals surface area contributed by atoms with E-state index in [1.165, 1.54) is 18.2 Å². The van der Waals surface area contributed by atoms with E-state index in [1.807, 2.05) is 60.4 Å². The Morgan fingerprint density at radius 1 is 0.373 bits per heavy atom. The van der Waals surface area contributed by atoms with Crippen molar-refractivity contribution in [1.82, 2.24) is 0 Å². The Bertz CT molecular complexity index is 5120. The van der Waals surface area contributed by atoms with Crippen LogP contribution in [0.4, 0.5) is 47.3 Å². The van der Waals surface area contributed by atoms with Crippen LogP contribution in [-0.2, 0) is 20.3 Å². The molecule has 0 radical (unpaired) electrons. The number of hydrogen-bond acceptors (Lipinski definition) is 8. The number of allylic oxidation sites excluding steroid dienone is 1. The van der Waals surface area contributed by atoms with Gasteiger partial charge in [-0.25, -0.2) is 13.2 Å². The van der Waals surface area contributed by atoms with Gasteiger partial charge in [-0.05, 0) is 231 Å². The number of nitrogens with zero attached hydrogens (tertiary/aromatic N) is 2. The fraction of sp³-hybridized carbons (Fsp3) is 0.187. The summed E-state index contributed by atoms with van der Waals surface area (Å²) in [4.78, 5) is 4.17. The van der Waals surface area contributed by atoms with E-state index in [-0.39, 0.29) is 16.6 Å². The Balaban J connectivity index is 0.781. The fourth-order valence-corrected chi connectivity index (χ4v) is 15.8. The van der Waals surface area contributed by atoms with Gasteiger partial charge in [0.2, 0.25) is 0 Å². The molecule has 12 aromatic carbocycles. The topological polar surface area (TPSA) is 61.9 Å². The highest BCUT2D eigenvalue weighted by atomic mass is 19.2. The van der Waals surface area contributed by atoms with Gasteiger partial charge in [-0.2, -0.15) is 0 Å². The molecule has 2 atom stereocenters. The molecule has 0 bridgehead atoms. The van der Waals surface area contributed by atoms with Gasteiger partial charge in [-0.3, -0.25) is 0 Å². The molecule has 2 aliphatic carbocycles. The molecule has 2 aliphatic heterocycles. The highest BCUT2D eigenvalue weighted by molar-refractivity contribution is 5.92. The summed E-state index contributed by atoms with van der Waals surface area (Å²) in [5, 5.41) is 0. The Morgan fingerprint density at radius 2 is 0.716 bits per heavy atom. The molecular formula is C91H77F3N2O6. The highest BCUT2D eigenvalue weighted by Gasteiger charge is 2.49. The standard InChI is InChI=1S/C91H77F3N2O6/c1-7-88(53-99-54-88)57-101-74-41-25-64(26-42-74)90(62-21-37-72(97-5)38-22-62)81-15-11-9-13-76(81)78-45-33-69(50-83(78)90)95(68-35-47-85(92)80(49-68)59(3)4)66-29-17-60(18-30-66)61-19-31-67(32-20-61)96(71-36-48-86(93)87(94)52-71)70-34-46-79-77-14-10-12-16-82(77)91(84(79)51-70,63-23-39-73(98-6)40-24-63)65-27-43-75(44-28-65)102-58-89(8-2)55-100-56-89/h9-52H,3,7-8,53-58H2,1-2,4-6H3. The maximum atomic E-state index is 15.9. The molecule has 11 heteroatoms. The molecule has 0 N–H and O–H groups in total. The van der Waals surface area contributed by atoms with Gasteiger partial charge in [0.25, 0.3) is 0 Å². The number of methoxy groups -OCH3 is 2. The van der Waals surface area contributed by atoms with E-state index in [0.717, 1.165) is 142 Å². The van der Waals surface area contributed by atoms with Gasteiger partial charge in [0.1, 0.15) is 28.8 Å². The number of hydrogen-bond donors (Lipinski definition) is 0. The maximum Gasteiger partial charge on any atom is 0.160 e. The average Bonchev–Trinajstić information content (AvgIpc) is 1.53. The number of anilines is 6. The Morgan fingerprint density at radius 3 is 1.08 bits per heavy atom. The summed E-state index contributed by atoms with van der Waals surface area (Å²) in [5.41, 5.74) is 18.5. The van der Waals surface area contributed by atoms with Gasteiger partial charge >= 0.3 is 0 Å². The van der Waals surface area contributed by atoms with Crippen LogP contribution in [0.5, 0.6) is 23.0 Å². The first kappa shape index (κ1) is 65.5. The zero-order valence-corrected chi connectivity index (χ0v) is 57.7. The minimum atomic E-state index is -0.962. The van der Waals surface area contributed by atoms with Gasteiger partial charge in [-0.15, -0.1) is 0 Å². The number of benzene rings is 12. The largest absolute Gasteiger partial charge is 0.497 e. The van der Waals surface area contributed by atoms with E-state index >= 15 is 13.2 Å². The van der Waals surface area contributed by atoms with E-state index in [4.69, 9.17) is 28.4 Å². The van der Waals surface area contributed by atoms with Crippen molar-refractivity contribution >= 4 is 39.7 Å². The SMILES string of the molecule is C=C(C)c1cc(N(c2ccc(-c3ccc(N(c4ccc(F)c(F)c4)c4ccc5c(c4)C(c4ccc(OC)cc4)(c4ccc(OCC6(CC)COC6)cc4)c4ccccc4-5)cc3)cc2)c2ccc3c(c2)C(c2ccc(OC)cc2)(c2ccc(OCC4(CC)COC4)cc2)c2ccccc2-3)ccc1F. The van der Waals surface area contributed by atoms with Crippen molar-refractivity contribution in [3.05, 3.63) is 341 Å². The summed E-state index contributed by atoms with van der Waals surface area (Å²) in [7, 11) is 3.36. The second-order valence-electron chi connectivity index (χ2n) is 27.6. The molecule has 0 aromatic heterocycles. The first-order valence-corrected chi connectivity index (χ1v) is 34.9. The summed E-state index contributed by atoms with van der Waals surface area (Å²) >= 11 is 0. The van der Waals surface area contributed by atoms with Crippen molar-refractivity contribution in [2.45, 2.75) is 44.4 Å². The van der Waals surface area contributed by atoms with E-state index in [1.54, 1.807) is 20.3 Å². The first-order valence-electron chi connectivity index (χ1n) is 34.9. The van der Waals surface area contributed by atoms with Crippen LogP contribution in [0.25, 0.3) is 39.0 Å². The van der Waals surface area contributed by atoms with Crippen molar-refractivity contribution in [3.63, 3.8) is 0 Å². The third kappa shape index (κ3) is 11.1. The predicted octanol–water partition coefficient (Wildman–Crippen LogP) is 22.1. The zero-order valence-electron chi connectivity index (χ0n) is 57.7. The van der Waals surface area contributed by atoms with E-state index < -0.39 is 22.5 Å². The molecule has 4 aliphatic rings. The highest BCUT2D eigenvalue weighted by Crippen LogP contribution is 2.60. The van der Waals surface area contributed by atoms with Crippen molar-refractivity contribution in [1.29, 1.82) is 0 Å². The van der Waals surface area contributed by atoms with Gasteiger partial charge in [0.15, 0.2) is 11.6 Å². The van der Waals surface area contributed by atoms with E-state index in [9.17, 15) is 0 Å². The fourth-order valence-electron chi connectivity index (χ4n) is 15.8. The second-order valence-corrected chi connectivity index (χ2v) is 27.6. The molecule has 16 rings (SSSR count). The lowest BCUT2D eigenvalue weighted by molar-refractivity contribution is -0.133. The number of halogens is 3. The van der Waals surface area contributed by atoms with Crippen LogP contribution in [0.1, 0.15) is 83.7 Å². The van der Waals surface area contributed by atoms with Crippen LogP contribution in [0.3, 0.4) is 0 Å². The van der Waals surface area contributed by atoms with Gasteiger partial charge < -0.3 is 38.2 Å². The smallest absolute Gasteiger partial charge is 0.160 e. The number of fused-ring (bicyclic) bond motifs is 6. The van der Waals surface area contributed by atoms with Crippen molar-refractivity contribution in [2.24, 2.45) is 10.8 Å². The summed E-state index contributed by atoms with van der Waals surface area (Å²) in [6.07, 6.45) is 1.94. The Labute approximate surface area is 594 Å². The molecule has 508 valence electrons. The average molecular weight is 1350 g/mol. The number of rotatable bonds is 22. The molecule has 2 unspecified atom stereocenters. The monoisotopic (exact) mass is 1350 g/mol. The summed E-state index contributed by atoms with van der Waals surface area (Å²) in [6.45, 7) is 14.3. The molecule has 2 saturated heterocycles. The lowest BCUT2D eigenvalue weighted by Gasteiger charge is -2.40. The van der Waals surface area contributed by atoms with Crippen molar-refractivity contribution < 1.29 is 41.6 Å². The quantitative estimate of drug-likeness (QED) is 0.0665. The first-order chi connectivity index (χ1) is 49.8. The normalized spacial score (nSPS) is 17.0. The Hall–Kier alpha value is -11.1. The molecule has 12 aromatic rings. The maximum absolute atomic E-state index is 15.9. The molecule has 2 heterocycles. The molecule has 8 nitrogen and oxygen atoms in total.